The molecule has 0 N–H and O–H groups in total. The quantitative estimate of drug-likeness (QED) is 0.598. The second kappa shape index (κ2) is 6.56. The van der Waals surface area contributed by atoms with Gasteiger partial charge in [0.05, 0.1) is 0 Å². The molecule has 0 nitrogen and oxygen atoms in total. The van der Waals surface area contributed by atoms with Gasteiger partial charge < -0.3 is 0 Å². The van der Waals surface area contributed by atoms with Crippen LogP contribution in [0.1, 0.15) is 0 Å². The van der Waals surface area contributed by atoms with E-state index in [1.54, 1.807) is 0 Å². The fourth-order valence-corrected chi connectivity index (χ4v) is 0.631. The predicted molar refractivity (Wildman–Crippen MR) is 48.5 cm³/mol. The summed E-state index contributed by atoms with van der Waals surface area (Å²) >= 11 is 3.29. The van der Waals surface area contributed by atoms with Crippen LogP contribution in [-0.4, -0.2) is 0 Å². The molecule has 1 heteroatoms. The third-order valence-corrected chi connectivity index (χ3v) is 1.21. The van der Waals surface area contributed by atoms with Crippen LogP contribution in [0.25, 0.3) is 0 Å². The number of allylic oxidation sites excluding steroid dienone is 1. The number of rotatable bonds is 0. The van der Waals surface area contributed by atoms with Crippen molar-refractivity contribution in [3.05, 3.63) is 54.4 Å². The fraction of sp³-hybridized carbons (Fsp3) is 0. The average molecular weight is 197 g/mol. The lowest BCUT2D eigenvalue weighted by Gasteiger charge is -1.79. The molecule has 1 aromatic rings. The Balaban J connectivity index is 0.000000236. The Hall–Kier alpha value is -0.560. The normalized spacial score (nSPS) is 7.40. The van der Waals surface area contributed by atoms with Crippen LogP contribution in [0.3, 0.4) is 0 Å². The van der Waals surface area contributed by atoms with E-state index in [9.17, 15) is 0 Å². The summed E-state index contributed by atoms with van der Waals surface area (Å²) in [6.07, 6.45) is 1.50. The van der Waals surface area contributed by atoms with Crippen molar-refractivity contribution in [2.45, 2.75) is 0 Å². The van der Waals surface area contributed by atoms with Crippen LogP contribution in [0.4, 0.5) is 0 Å². The van der Waals surface area contributed by atoms with E-state index in [0.29, 0.717) is 0 Å². The zero-order valence-corrected chi connectivity index (χ0v) is 7.26. The Bertz CT molecular complexity index is 167. The van der Waals surface area contributed by atoms with Crippen molar-refractivity contribution in [2.24, 2.45) is 0 Å². The van der Waals surface area contributed by atoms with Gasteiger partial charge in [0, 0.05) is 4.47 Å². The molecule has 2 radical (unpaired) electrons. The molecule has 0 aliphatic heterocycles. The summed E-state index contributed by atoms with van der Waals surface area (Å²) in [5.74, 6) is 0. The maximum absolute atomic E-state index is 3.29. The lowest BCUT2D eigenvalue weighted by Crippen LogP contribution is -1.56. The minimum absolute atomic E-state index is 1.10. The van der Waals surface area contributed by atoms with E-state index >= 15 is 0 Å². The smallest absolute Gasteiger partial charge is 0.0175 e. The Morgan fingerprint density at radius 2 is 1.80 bits per heavy atom. The van der Waals surface area contributed by atoms with E-state index in [1.807, 2.05) is 24.3 Å². The van der Waals surface area contributed by atoms with Crippen LogP contribution in [0.15, 0.2) is 41.4 Å². The summed E-state index contributed by atoms with van der Waals surface area (Å²) in [6.45, 7) is 6.50. The van der Waals surface area contributed by atoms with Crippen LogP contribution < -0.4 is 0 Å². The lowest BCUT2D eigenvalue weighted by molar-refractivity contribution is 1.64. The van der Waals surface area contributed by atoms with Crippen molar-refractivity contribution >= 4 is 15.9 Å². The van der Waals surface area contributed by atoms with Gasteiger partial charge in [-0.15, -0.1) is 6.58 Å². The highest BCUT2D eigenvalue weighted by molar-refractivity contribution is 9.10. The zero-order valence-electron chi connectivity index (χ0n) is 5.68. The fourth-order valence-electron chi connectivity index (χ4n) is 0.367. The third-order valence-electron chi connectivity index (χ3n) is 0.678. The van der Waals surface area contributed by atoms with E-state index in [1.165, 1.54) is 6.08 Å². The van der Waals surface area contributed by atoms with E-state index in [0.717, 1.165) is 4.47 Å². The highest BCUT2D eigenvalue weighted by Crippen LogP contribution is 2.04. The van der Waals surface area contributed by atoms with Crippen molar-refractivity contribution in [2.75, 3.05) is 0 Å². The third kappa shape index (κ3) is 5.57. The largest absolute Gasteiger partial charge is 0.103 e. The molecule has 0 amide bonds. The molecule has 0 aliphatic rings. The SMILES string of the molecule is Brc1cc[c]cc1.[CH2]C=C. The van der Waals surface area contributed by atoms with Crippen LogP contribution in [-0.2, 0) is 0 Å². The van der Waals surface area contributed by atoms with E-state index in [4.69, 9.17) is 0 Å². The molecule has 0 atom stereocenters. The first kappa shape index (κ1) is 9.44. The minimum Gasteiger partial charge on any atom is -0.103 e. The summed E-state index contributed by atoms with van der Waals surface area (Å²) in [7, 11) is 0. The standard InChI is InChI=1S/C6H4Br.C3H5/c7-6-4-2-1-3-5-6;1-3-2/h2-5H;3H,1-2H2. The minimum atomic E-state index is 1.10. The Morgan fingerprint density at radius 1 is 1.40 bits per heavy atom. The lowest BCUT2D eigenvalue weighted by atomic mass is 10.4. The molecule has 0 aromatic heterocycles. The van der Waals surface area contributed by atoms with E-state index < -0.39 is 0 Å². The molecular weight excluding hydrogens is 188 g/mol. The van der Waals surface area contributed by atoms with Gasteiger partial charge in [-0.05, 0) is 25.1 Å². The first-order valence-electron chi connectivity index (χ1n) is 2.83. The van der Waals surface area contributed by atoms with Crippen molar-refractivity contribution in [3.8, 4) is 0 Å². The highest BCUT2D eigenvalue weighted by Gasteiger charge is 1.74. The summed E-state index contributed by atoms with van der Waals surface area (Å²) in [5.41, 5.74) is 0. The molecule has 1 rings (SSSR count). The topological polar surface area (TPSA) is 0 Å². The molecule has 0 unspecified atom stereocenters. The van der Waals surface area contributed by atoms with Crippen LogP contribution in [0.5, 0.6) is 0 Å². The van der Waals surface area contributed by atoms with Crippen LogP contribution >= 0.6 is 15.9 Å². The van der Waals surface area contributed by atoms with Gasteiger partial charge in [-0.1, -0.05) is 34.1 Å². The average Bonchev–Trinajstić information content (AvgIpc) is 1.91. The van der Waals surface area contributed by atoms with Gasteiger partial charge in [0.2, 0.25) is 0 Å². The summed E-state index contributed by atoms with van der Waals surface area (Å²) in [5, 5.41) is 0. The number of benzene rings is 1. The summed E-state index contributed by atoms with van der Waals surface area (Å²) in [4.78, 5) is 0. The first-order chi connectivity index (χ1) is 4.81. The molecule has 0 saturated heterocycles. The maximum Gasteiger partial charge on any atom is 0.0175 e. The molecule has 1 aromatic carbocycles. The van der Waals surface area contributed by atoms with Crippen LogP contribution in [0, 0.1) is 13.0 Å². The van der Waals surface area contributed by atoms with E-state index in [2.05, 4.69) is 35.5 Å². The zero-order chi connectivity index (χ0) is 7.82. The number of hydrogen-bond donors (Lipinski definition) is 0. The molecule has 0 saturated carbocycles. The second-order valence-electron chi connectivity index (χ2n) is 1.51. The second-order valence-corrected chi connectivity index (χ2v) is 2.42. The Labute approximate surface area is 70.7 Å². The molecular formula is C9H9Br. The molecule has 52 valence electrons. The predicted octanol–water partition coefficient (Wildman–Crippen LogP) is 3.26. The molecule has 0 spiro atoms. The van der Waals surface area contributed by atoms with Crippen molar-refractivity contribution < 1.29 is 0 Å². The molecule has 0 aliphatic carbocycles. The van der Waals surface area contributed by atoms with Crippen molar-refractivity contribution in [1.29, 1.82) is 0 Å². The molecule has 0 bridgehead atoms. The van der Waals surface area contributed by atoms with Gasteiger partial charge in [-0.3, -0.25) is 0 Å². The van der Waals surface area contributed by atoms with Crippen molar-refractivity contribution in [3.63, 3.8) is 0 Å². The monoisotopic (exact) mass is 196 g/mol. The number of hydrogen-bond acceptors (Lipinski definition) is 0. The summed E-state index contributed by atoms with van der Waals surface area (Å²) in [6, 6.07) is 10.5. The van der Waals surface area contributed by atoms with Crippen molar-refractivity contribution in [1.82, 2.24) is 0 Å². The van der Waals surface area contributed by atoms with Gasteiger partial charge in [-0.2, -0.15) is 0 Å². The highest BCUT2D eigenvalue weighted by atomic mass is 79.9. The van der Waals surface area contributed by atoms with Gasteiger partial charge >= 0.3 is 0 Å². The Morgan fingerprint density at radius 3 is 2.00 bits per heavy atom. The van der Waals surface area contributed by atoms with Gasteiger partial charge in [0.25, 0.3) is 0 Å². The first-order valence-corrected chi connectivity index (χ1v) is 3.62. The van der Waals surface area contributed by atoms with Crippen LogP contribution in [0.2, 0.25) is 0 Å². The van der Waals surface area contributed by atoms with Gasteiger partial charge in [-0.25, -0.2) is 0 Å². The van der Waals surface area contributed by atoms with Gasteiger partial charge in [0.1, 0.15) is 0 Å². The van der Waals surface area contributed by atoms with E-state index in [-0.39, 0.29) is 0 Å². The molecule has 0 heterocycles. The molecule has 0 fully saturated rings. The number of halogens is 1. The maximum atomic E-state index is 3.29. The molecule has 10 heavy (non-hydrogen) atoms. The Kier molecular flexibility index (Phi) is 6.19. The summed E-state index contributed by atoms with van der Waals surface area (Å²) < 4.78 is 1.10. The van der Waals surface area contributed by atoms with Gasteiger partial charge in [0.15, 0.2) is 0 Å².